The Morgan fingerprint density at radius 3 is 1.81 bits per heavy atom. The van der Waals surface area contributed by atoms with E-state index >= 15 is 0 Å². The molecule has 1 radical (unpaired) electrons. The molecule has 2 amide bonds. The number of primary amides is 2. The van der Waals surface area contributed by atoms with Gasteiger partial charge in [-0.25, -0.2) is 0 Å². The number of quaternary nitrogens is 1. The van der Waals surface area contributed by atoms with Crippen LogP contribution in [0.3, 0.4) is 0 Å². The van der Waals surface area contributed by atoms with E-state index in [-0.39, 0.29) is 67.4 Å². The number of likely N-dealkylation sites (N-methyl/N-ethyl adjacent to an activating group) is 1. The number of nitrogens with two attached hydrogens (primary N) is 2. The Labute approximate surface area is 347 Å². The van der Waals surface area contributed by atoms with Crippen LogP contribution in [-0.2, 0) is 56.4 Å². The number of carbonyl (C=O) groups excluding carboxylic acids is 2. The standard InChI is InChI=1S/C23H32N2O2.C22H30N2O2.Y/c1-25(15-16-5-4-6-16)12-11-22-9-2-3-10-23(22,27)20(25)14-17-7-8-18(21(24)26)13-19(17)22;23-20(25)17-7-6-16-13-19-22(26)9-2-1-8-21(22,18(16)12-17)10-11-24(19)14-15-4-3-5-15;/h7-8,13,16,20,27H,2-6,9-12,14-15H2,1H3,(H-,24,26);6-7,12,15,19,26H,1-5,8-11,13-14H2,(H2,23,25);/p+1. The molecule has 0 aromatic heterocycles. The van der Waals surface area contributed by atoms with Gasteiger partial charge in [-0.05, 0) is 123 Å². The fourth-order valence-corrected chi connectivity index (χ4v) is 13.6. The normalized spacial score (nSPS) is 38.0. The summed E-state index contributed by atoms with van der Waals surface area (Å²) < 4.78 is 1.03. The number of amides is 2. The summed E-state index contributed by atoms with van der Waals surface area (Å²) in [6.07, 6.45) is 20.5. The molecule has 6 fully saturated rings. The van der Waals surface area contributed by atoms with E-state index < -0.39 is 11.2 Å². The first-order valence-corrected chi connectivity index (χ1v) is 21.3. The van der Waals surface area contributed by atoms with E-state index in [1.165, 1.54) is 73.7 Å². The molecule has 289 valence electrons. The first-order valence-electron chi connectivity index (χ1n) is 21.3. The van der Waals surface area contributed by atoms with Gasteiger partial charge < -0.3 is 26.2 Å². The van der Waals surface area contributed by atoms with Gasteiger partial charge in [0, 0.05) is 86.0 Å². The summed E-state index contributed by atoms with van der Waals surface area (Å²) in [5.41, 5.74) is 15.8. The molecule has 2 aromatic carbocycles. The molecule has 2 aliphatic heterocycles. The maximum atomic E-state index is 12.2. The number of aliphatic hydroxyl groups is 2. The number of hydrogen-bond donors (Lipinski definition) is 4. The maximum Gasteiger partial charge on any atom is 0.248 e. The molecule has 10 rings (SSSR count). The number of nitrogens with zero attached hydrogens (tertiary/aromatic N) is 2. The van der Waals surface area contributed by atoms with Crippen LogP contribution >= 0.6 is 0 Å². The average molecular weight is 813 g/mol. The number of benzene rings is 2. The van der Waals surface area contributed by atoms with Gasteiger partial charge in [0.15, 0.2) is 0 Å². The Balaban J connectivity index is 0.000000150. The SMILES string of the molecule is C[N+]1(CC2CCC2)CCC23CCCCC2(O)C1Cc1ccc(C(N)=O)cc13.NC(=O)c1ccc2c(c1)C13CCCCC1(O)C(C2)N(CC1CCC1)CC3.[Y]. The van der Waals surface area contributed by atoms with Crippen molar-refractivity contribution in [3.8, 4) is 0 Å². The maximum absolute atomic E-state index is 12.2. The van der Waals surface area contributed by atoms with Crippen molar-refractivity contribution in [1.82, 2.24) is 4.90 Å². The van der Waals surface area contributed by atoms with Crippen molar-refractivity contribution in [3.05, 3.63) is 69.8 Å². The minimum atomic E-state index is -0.656. The van der Waals surface area contributed by atoms with E-state index in [9.17, 15) is 19.8 Å². The summed E-state index contributed by atoms with van der Waals surface area (Å²) >= 11 is 0. The van der Waals surface area contributed by atoms with Crippen LogP contribution in [0.2, 0.25) is 0 Å². The minimum Gasteiger partial charge on any atom is -0.387 e. The molecule has 2 heterocycles. The molecule has 6 N–H and O–H groups in total. The Hall–Kier alpha value is -1.68. The fraction of sp³-hybridized carbons (Fsp3) is 0.689. The molecule has 7 atom stereocenters. The second-order valence-electron chi connectivity index (χ2n) is 19.3. The third-order valence-electron chi connectivity index (χ3n) is 16.9. The van der Waals surface area contributed by atoms with Crippen molar-refractivity contribution in [2.45, 2.75) is 150 Å². The summed E-state index contributed by atoms with van der Waals surface area (Å²) in [6, 6.07) is 12.5. The van der Waals surface area contributed by atoms with E-state index in [1.807, 2.05) is 24.3 Å². The molecule has 4 bridgehead atoms. The topological polar surface area (TPSA) is 130 Å². The zero-order valence-electron chi connectivity index (χ0n) is 32.7. The quantitative estimate of drug-likeness (QED) is 0.280. The van der Waals surface area contributed by atoms with Crippen LogP contribution in [0, 0.1) is 11.8 Å². The van der Waals surface area contributed by atoms with Crippen LogP contribution in [-0.4, -0.2) is 87.9 Å². The monoisotopic (exact) mass is 812 g/mol. The minimum absolute atomic E-state index is 0. The van der Waals surface area contributed by atoms with Crippen molar-refractivity contribution in [3.63, 3.8) is 0 Å². The average Bonchev–Trinajstić information content (AvgIpc) is 3.10. The van der Waals surface area contributed by atoms with Crippen LogP contribution in [0.4, 0.5) is 0 Å². The predicted molar refractivity (Wildman–Crippen MR) is 207 cm³/mol. The zero-order valence-corrected chi connectivity index (χ0v) is 35.5. The van der Waals surface area contributed by atoms with Gasteiger partial charge in [0.1, 0.15) is 11.6 Å². The summed E-state index contributed by atoms with van der Waals surface area (Å²) in [7, 11) is 2.41. The van der Waals surface area contributed by atoms with Crippen LogP contribution in [0.5, 0.6) is 0 Å². The summed E-state index contributed by atoms with van der Waals surface area (Å²) in [5, 5.41) is 24.3. The second kappa shape index (κ2) is 14.3. The van der Waals surface area contributed by atoms with Crippen molar-refractivity contribution < 1.29 is 57.0 Å². The molecule has 9 heteroatoms. The predicted octanol–water partition coefficient (Wildman–Crippen LogP) is 5.66. The molecular formula is C45H63N4O4Y+. The smallest absolute Gasteiger partial charge is 0.248 e. The molecule has 2 aromatic rings. The summed E-state index contributed by atoms with van der Waals surface area (Å²) in [6.45, 7) is 4.59. The van der Waals surface area contributed by atoms with Gasteiger partial charge in [0.05, 0.1) is 25.7 Å². The Bertz CT molecular complexity index is 1800. The van der Waals surface area contributed by atoms with Gasteiger partial charge in [0.2, 0.25) is 11.8 Å². The largest absolute Gasteiger partial charge is 0.387 e. The number of hydrogen-bond acceptors (Lipinski definition) is 5. The van der Waals surface area contributed by atoms with Gasteiger partial charge in [-0.1, -0.05) is 50.7 Å². The van der Waals surface area contributed by atoms with E-state index in [0.717, 1.165) is 107 Å². The number of fused-ring (bicyclic) bond motifs is 2. The Morgan fingerprint density at radius 2 is 1.26 bits per heavy atom. The number of piperidine rings is 2. The molecule has 6 aliphatic carbocycles. The van der Waals surface area contributed by atoms with E-state index in [1.54, 1.807) is 0 Å². The van der Waals surface area contributed by atoms with Crippen LogP contribution in [0.25, 0.3) is 0 Å². The molecule has 54 heavy (non-hydrogen) atoms. The van der Waals surface area contributed by atoms with Crippen LogP contribution in [0.15, 0.2) is 36.4 Å². The molecule has 8 nitrogen and oxygen atoms in total. The van der Waals surface area contributed by atoms with E-state index in [4.69, 9.17) is 11.5 Å². The molecule has 8 aliphatic rings. The Morgan fingerprint density at radius 1 is 0.722 bits per heavy atom. The van der Waals surface area contributed by atoms with Crippen LogP contribution < -0.4 is 11.5 Å². The third-order valence-corrected chi connectivity index (χ3v) is 16.9. The van der Waals surface area contributed by atoms with Gasteiger partial charge >= 0.3 is 0 Å². The van der Waals surface area contributed by atoms with Gasteiger partial charge in [-0.15, -0.1) is 0 Å². The number of likely N-dealkylation sites (tertiary alicyclic amines) is 2. The summed E-state index contributed by atoms with van der Waals surface area (Å²) in [5.74, 6) is 0.937. The van der Waals surface area contributed by atoms with Crippen molar-refractivity contribution in [2.24, 2.45) is 23.3 Å². The first kappa shape index (κ1) is 39.2. The van der Waals surface area contributed by atoms with Crippen molar-refractivity contribution in [1.29, 1.82) is 0 Å². The fourth-order valence-electron chi connectivity index (χ4n) is 13.6. The molecular weight excluding hydrogens is 749 g/mol. The van der Waals surface area contributed by atoms with Crippen molar-refractivity contribution >= 4 is 11.8 Å². The molecule has 7 unspecified atom stereocenters. The molecule has 0 spiro atoms. The summed E-state index contributed by atoms with van der Waals surface area (Å²) in [4.78, 5) is 26.2. The molecule has 2 saturated heterocycles. The van der Waals surface area contributed by atoms with Gasteiger partial charge in [-0.2, -0.15) is 0 Å². The van der Waals surface area contributed by atoms with Gasteiger partial charge in [-0.3, -0.25) is 14.5 Å². The second-order valence-corrected chi connectivity index (χ2v) is 19.3. The van der Waals surface area contributed by atoms with Gasteiger partial charge in [0.25, 0.3) is 0 Å². The Kier molecular flexibility index (Phi) is 10.4. The number of carbonyl (C=O) groups is 2. The zero-order chi connectivity index (χ0) is 36.8. The number of rotatable bonds is 6. The third kappa shape index (κ3) is 5.88. The van der Waals surface area contributed by atoms with E-state index in [0.29, 0.717) is 11.1 Å². The van der Waals surface area contributed by atoms with Crippen LogP contribution in [0.1, 0.15) is 146 Å². The molecule has 4 saturated carbocycles. The first-order chi connectivity index (χ1) is 25.4. The van der Waals surface area contributed by atoms with Crippen molar-refractivity contribution in [2.75, 3.05) is 33.2 Å². The van der Waals surface area contributed by atoms with E-state index in [2.05, 4.69) is 24.1 Å².